The molecule has 5 heteroatoms. The Morgan fingerprint density at radius 2 is 2.24 bits per heavy atom. The highest BCUT2D eigenvalue weighted by Gasteiger charge is 2.21. The van der Waals surface area contributed by atoms with E-state index >= 15 is 0 Å². The lowest BCUT2D eigenvalue weighted by molar-refractivity contribution is 0.0506. The molecule has 0 aliphatic heterocycles. The van der Waals surface area contributed by atoms with Gasteiger partial charge in [-0.2, -0.15) is 0 Å². The van der Waals surface area contributed by atoms with E-state index < -0.39 is 5.60 Å². The van der Waals surface area contributed by atoms with Gasteiger partial charge in [-0.1, -0.05) is 19.3 Å². The van der Waals surface area contributed by atoms with Gasteiger partial charge >= 0.3 is 6.09 Å². The highest BCUT2D eigenvalue weighted by Crippen LogP contribution is 2.30. The smallest absolute Gasteiger partial charge is 0.408 e. The van der Waals surface area contributed by atoms with Crippen LogP contribution in [0.4, 0.5) is 4.79 Å². The molecule has 21 heavy (non-hydrogen) atoms. The first-order valence-corrected chi connectivity index (χ1v) is 7.84. The van der Waals surface area contributed by atoms with Gasteiger partial charge in [0.1, 0.15) is 5.60 Å². The second-order valence-electron chi connectivity index (χ2n) is 6.97. The molecule has 0 unspecified atom stereocenters. The first kappa shape index (κ1) is 15.9. The van der Waals surface area contributed by atoms with Crippen LogP contribution in [-0.4, -0.2) is 21.2 Å². The molecule has 0 radical (unpaired) electrons. The SMILES string of the molecule is C[C@H](NC(=O)OC(C)(C)C)c1cncn1CCC1CCC1. The van der Waals surface area contributed by atoms with Crippen molar-refractivity contribution >= 4 is 6.09 Å². The van der Waals surface area contributed by atoms with Crippen LogP contribution in [0.3, 0.4) is 0 Å². The molecule has 1 atom stereocenters. The van der Waals surface area contributed by atoms with Crippen LogP contribution in [0, 0.1) is 5.92 Å². The summed E-state index contributed by atoms with van der Waals surface area (Å²) in [5.74, 6) is 0.870. The summed E-state index contributed by atoms with van der Waals surface area (Å²) in [4.78, 5) is 16.1. The number of imidazole rings is 1. The van der Waals surface area contributed by atoms with Crippen molar-refractivity contribution in [1.82, 2.24) is 14.9 Å². The topological polar surface area (TPSA) is 56.1 Å². The molecule has 2 rings (SSSR count). The van der Waals surface area contributed by atoms with Crippen molar-refractivity contribution in [3.63, 3.8) is 0 Å². The van der Waals surface area contributed by atoms with E-state index in [1.807, 2.05) is 40.2 Å². The van der Waals surface area contributed by atoms with Crippen LogP contribution in [0.25, 0.3) is 0 Å². The van der Waals surface area contributed by atoms with Crippen LogP contribution >= 0.6 is 0 Å². The number of ether oxygens (including phenoxy) is 1. The summed E-state index contributed by atoms with van der Waals surface area (Å²) in [6.07, 6.45) is 8.57. The van der Waals surface area contributed by atoms with E-state index in [4.69, 9.17) is 4.74 Å². The molecule has 0 aromatic carbocycles. The Balaban J connectivity index is 1.88. The summed E-state index contributed by atoms with van der Waals surface area (Å²) < 4.78 is 7.43. The fourth-order valence-electron chi connectivity index (χ4n) is 2.54. The summed E-state index contributed by atoms with van der Waals surface area (Å²) >= 11 is 0. The van der Waals surface area contributed by atoms with E-state index in [0.29, 0.717) is 0 Å². The van der Waals surface area contributed by atoms with Gasteiger partial charge in [0.05, 0.1) is 24.3 Å². The average Bonchev–Trinajstić information content (AvgIpc) is 2.72. The number of hydrogen-bond acceptors (Lipinski definition) is 3. The van der Waals surface area contributed by atoms with Gasteiger partial charge in [-0.15, -0.1) is 0 Å². The Morgan fingerprint density at radius 3 is 2.81 bits per heavy atom. The number of aromatic nitrogens is 2. The maximum atomic E-state index is 11.8. The van der Waals surface area contributed by atoms with Gasteiger partial charge in [0, 0.05) is 6.54 Å². The minimum Gasteiger partial charge on any atom is -0.444 e. The molecule has 1 aromatic heterocycles. The molecular weight excluding hydrogens is 266 g/mol. The Morgan fingerprint density at radius 1 is 1.52 bits per heavy atom. The van der Waals surface area contributed by atoms with Crippen molar-refractivity contribution in [2.45, 2.75) is 71.6 Å². The van der Waals surface area contributed by atoms with Gasteiger partial charge in [0.2, 0.25) is 0 Å². The summed E-state index contributed by atoms with van der Waals surface area (Å²) in [5, 5.41) is 2.87. The van der Waals surface area contributed by atoms with Crippen LogP contribution in [0.5, 0.6) is 0 Å². The van der Waals surface area contributed by atoms with E-state index in [0.717, 1.165) is 18.2 Å². The molecule has 1 heterocycles. The molecule has 1 saturated carbocycles. The molecular formula is C16H27N3O2. The van der Waals surface area contributed by atoms with Gasteiger partial charge in [-0.3, -0.25) is 0 Å². The van der Waals surface area contributed by atoms with Crippen LogP contribution in [0.2, 0.25) is 0 Å². The summed E-state index contributed by atoms with van der Waals surface area (Å²) in [5.41, 5.74) is 0.550. The van der Waals surface area contributed by atoms with Crippen LogP contribution in [-0.2, 0) is 11.3 Å². The van der Waals surface area contributed by atoms with E-state index in [1.54, 1.807) is 0 Å². The molecule has 1 aliphatic rings. The number of amides is 1. The monoisotopic (exact) mass is 293 g/mol. The van der Waals surface area contributed by atoms with E-state index in [9.17, 15) is 4.79 Å². The maximum Gasteiger partial charge on any atom is 0.408 e. The van der Waals surface area contributed by atoms with Gasteiger partial charge in [-0.25, -0.2) is 9.78 Å². The zero-order valence-corrected chi connectivity index (χ0v) is 13.6. The Labute approximate surface area is 127 Å². The van der Waals surface area contributed by atoms with Gasteiger partial charge in [0.15, 0.2) is 0 Å². The van der Waals surface area contributed by atoms with Crippen LogP contribution < -0.4 is 5.32 Å². The fourth-order valence-corrected chi connectivity index (χ4v) is 2.54. The third-order valence-electron chi connectivity index (χ3n) is 3.92. The average molecular weight is 293 g/mol. The quantitative estimate of drug-likeness (QED) is 0.901. The Hall–Kier alpha value is -1.52. The molecule has 0 saturated heterocycles. The fraction of sp³-hybridized carbons (Fsp3) is 0.750. The number of carbonyl (C=O) groups excluding carboxylic acids is 1. The molecule has 0 spiro atoms. The number of nitrogens with one attached hydrogen (secondary N) is 1. The standard InChI is InChI=1S/C16H27N3O2/c1-12(18-15(20)21-16(2,3)4)14-10-17-11-19(14)9-8-13-6-5-7-13/h10-13H,5-9H2,1-4H3,(H,18,20)/t12-/m0/s1. The van der Waals surface area contributed by atoms with Crippen molar-refractivity contribution in [1.29, 1.82) is 0 Å². The van der Waals surface area contributed by atoms with E-state index in [2.05, 4.69) is 14.9 Å². The summed E-state index contributed by atoms with van der Waals surface area (Å²) in [7, 11) is 0. The number of aryl methyl sites for hydroxylation is 1. The number of hydrogen-bond donors (Lipinski definition) is 1. The van der Waals surface area contributed by atoms with E-state index in [1.165, 1.54) is 25.7 Å². The predicted octanol–water partition coefficient (Wildman–Crippen LogP) is 3.66. The van der Waals surface area contributed by atoms with Crippen molar-refractivity contribution < 1.29 is 9.53 Å². The first-order chi connectivity index (χ1) is 9.85. The second-order valence-corrected chi connectivity index (χ2v) is 6.97. The zero-order chi connectivity index (χ0) is 15.5. The summed E-state index contributed by atoms with van der Waals surface area (Å²) in [6, 6.07) is -0.108. The molecule has 0 bridgehead atoms. The lowest BCUT2D eigenvalue weighted by atomic mass is 9.83. The highest BCUT2D eigenvalue weighted by atomic mass is 16.6. The van der Waals surface area contributed by atoms with Crippen LogP contribution in [0.1, 0.15) is 65.1 Å². The van der Waals surface area contributed by atoms with Crippen LogP contribution in [0.15, 0.2) is 12.5 Å². The van der Waals surface area contributed by atoms with Gasteiger partial charge in [0.25, 0.3) is 0 Å². The Bertz CT molecular complexity index is 472. The lowest BCUT2D eigenvalue weighted by Crippen LogP contribution is -2.34. The lowest BCUT2D eigenvalue weighted by Gasteiger charge is -2.26. The normalized spacial score (nSPS) is 17.1. The minimum absolute atomic E-state index is 0.108. The molecule has 1 fully saturated rings. The molecule has 1 aromatic rings. The third-order valence-corrected chi connectivity index (χ3v) is 3.92. The predicted molar refractivity (Wildman–Crippen MR) is 82.0 cm³/mol. The summed E-state index contributed by atoms with van der Waals surface area (Å²) in [6.45, 7) is 8.52. The van der Waals surface area contributed by atoms with Crippen molar-refractivity contribution in [3.05, 3.63) is 18.2 Å². The maximum absolute atomic E-state index is 11.8. The first-order valence-electron chi connectivity index (χ1n) is 7.84. The van der Waals surface area contributed by atoms with Crippen molar-refractivity contribution in [2.24, 2.45) is 5.92 Å². The second kappa shape index (κ2) is 6.50. The minimum atomic E-state index is -0.478. The van der Waals surface area contributed by atoms with Crippen molar-refractivity contribution in [2.75, 3.05) is 0 Å². The largest absolute Gasteiger partial charge is 0.444 e. The number of nitrogens with zero attached hydrogens (tertiary/aromatic N) is 2. The van der Waals surface area contributed by atoms with Crippen molar-refractivity contribution in [3.8, 4) is 0 Å². The molecule has 1 N–H and O–H groups in total. The van der Waals surface area contributed by atoms with E-state index in [-0.39, 0.29) is 12.1 Å². The molecule has 118 valence electrons. The molecule has 1 amide bonds. The molecule has 1 aliphatic carbocycles. The highest BCUT2D eigenvalue weighted by molar-refractivity contribution is 5.68. The zero-order valence-electron chi connectivity index (χ0n) is 13.6. The van der Waals surface area contributed by atoms with Gasteiger partial charge < -0.3 is 14.6 Å². The third kappa shape index (κ3) is 4.76. The van der Waals surface area contributed by atoms with Gasteiger partial charge in [-0.05, 0) is 40.0 Å². The molecule has 5 nitrogen and oxygen atoms in total. The number of alkyl carbamates (subject to hydrolysis) is 1. The number of rotatable bonds is 5. The Kier molecular flexibility index (Phi) is 4.91. The number of carbonyl (C=O) groups is 1.